The number of rotatable bonds is 5. The van der Waals surface area contributed by atoms with Crippen molar-refractivity contribution in [3.05, 3.63) is 47.0 Å². The van der Waals surface area contributed by atoms with Gasteiger partial charge in [0, 0.05) is 25.0 Å². The highest BCUT2D eigenvalue weighted by molar-refractivity contribution is 5.92. The van der Waals surface area contributed by atoms with Crippen molar-refractivity contribution in [2.75, 3.05) is 11.9 Å². The van der Waals surface area contributed by atoms with Crippen LogP contribution in [0.15, 0.2) is 24.7 Å². The number of guanidine groups is 1. The molecule has 0 unspecified atom stereocenters. The van der Waals surface area contributed by atoms with Crippen LogP contribution in [0.4, 0.5) is 5.69 Å². The second-order valence-corrected chi connectivity index (χ2v) is 5.81. The Morgan fingerprint density at radius 3 is 2.45 bits per heavy atom. The van der Waals surface area contributed by atoms with Crippen LogP contribution in [0.1, 0.15) is 28.8 Å². The number of imidazole rings is 1. The fourth-order valence-corrected chi connectivity index (χ4v) is 2.62. The molecule has 0 amide bonds. The Balaban J connectivity index is 1.78. The van der Waals surface area contributed by atoms with Gasteiger partial charge in [-0.1, -0.05) is 17.7 Å². The molecule has 1 heterocycles. The van der Waals surface area contributed by atoms with E-state index in [0.717, 1.165) is 42.0 Å². The van der Waals surface area contributed by atoms with Gasteiger partial charge in [-0.3, -0.25) is 5.41 Å². The Hall–Kier alpha value is -2.30. The first-order valence-electron chi connectivity index (χ1n) is 7.61. The maximum atomic E-state index is 8.02. The molecule has 1 aromatic heterocycles. The largest absolute Gasteiger partial charge is 0.356 e. The van der Waals surface area contributed by atoms with Gasteiger partial charge < -0.3 is 15.2 Å². The Kier molecular flexibility index (Phi) is 5.20. The monoisotopic (exact) mass is 299 g/mol. The van der Waals surface area contributed by atoms with Gasteiger partial charge in [-0.2, -0.15) is 0 Å². The first kappa shape index (κ1) is 16.1. The van der Waals surface area contributed by atoms with Crippen molar-refractivity contribution in [1.29, 1.82) is 5.41 Å². The average Bonchev–Trinajstić information content (AvgIpc) is 2.84. The summed E-state index contributed by atoms with van der Waals surface area (Å²) in [4.78, 5) is 4.20. The highest BCUT2D eigenvalue weighted by Crippen LogP contribution is 2.21. The number of aromatic nitrogens is 2. The third-order valence-electron chi connectivity index (χ3n) is 3.58. The predicted molar refractivity (Wildman–Crippen MR) is 91.6 cm³/mol. The van der Waals surface area contributed by atoms with E-state index >= 15 is 0 Å². The highest BCUT2D eigenvalue weighted by Gasteiger charge is 2.05. The fraction of sp³-hybridized carbons (Fsp3) is 0.412. The van der Waals surface area contributed by atoms with E-state index in [1.165, 1.54) is 5.56 Å². The Bertz CT molecular complexity index is 634. The molecular weight excluding hydrogens is 274 g/mol. The summed E-state index contributed by atoms with van der Waals surface area (Å²) in [6, 6.07) is 4.26. The number of hydrogen-bond acceptors (Lipinski definition) is 2. The van der Waals surface area contributed by atoms with E-state index in [1.807, 2.05) is 19.4 Å². The van der Waals surface area contributed by atoms with Crippen molar-refractivity contribution < 1.29 is 0 Å². The lowest BCUT2D eigenvalue weighted by molar-refractivity contribution is 0.629. The van der Waals surface area contributed by atoms with Crippen LogP contribution < -0.4 is 10.6 Å². The molecule has 2 rings (SSSR count). The van der Waals surface area contributed by atoms with Gasteiger partial charge in [-0.25, -0.2) is 4.98 Å². The Morgan fingerprint density at radius 2 is 1.86 bits per heavy atom. The van der Waals surface area contributed by atoms with Crippen LogP contribution in [0.25, 0.3) is 0 Å². The number of hydrogen-bond donors (Lipinski definition) is 3. The van der Waals surface area contributed by atoms with Gasteiger partial charge in [0.2, 0.25) is 0 Å². The number of anilines is 1. The van der Waals surface area contributed by atoms with Gasteiger partial charge >= 0.3 is 0 Å². The van der Waals surface area contributed by atoms with Crippen LogP contribution in [-0.2, 0) is 6.54 Å². The summed E-state index contributed by atoms with van der Waals surface area (Å²) < 4.78 is 2.07. The second-order valence-electron chi connectivity index (χ2n) is 5.81. The van der Waals surface area contributed by atoms with Crippen molar-refractivity contribution in [3.8, 4) is 0 Å². The van der Waals surface area contributed by atoms with Crippen molar-refractivity contribution in [2.45, 2.75) is 40.7 Å². The molecule has 1 aromatic carbocycles. The molecule has 0 aliphatic rings. The van der Waals surface area contributed by atoms with E-state index in [9.17, 15) is 0 Å². The molecule has 0 spiro atoms. The minimum atomic E-state index is 0.344. The molecule has 0 aliphatic carbocycles. The third kappa shape index (κ3) is 4.35. The zero-order valence-electron chi connectivity index (χ0n) is 13.8. The van der Waals surface area contributed by atoms with Crippen LogP contribution >= 0.6 is 0 Å². The number of nitrogens with one attached hydrogen (secondary N) is 3. The van der Waals surface area contributed by atoms with Crippen molar-refractivity contribution in [1.82, 2.24) is 14.9 Å². The molecule has 0 radical (unpaired) electrons. The molecule has 5 heteroatoms. The third-order valence-corrected chi connectivity index (χ3v) is 3.58. The zero-order valence-corrected chi connectivity index (χ0v) is 13.8. The minimum Gasteiger partial charge on any atom is -0.356 e. The van der Waals surface area contributed by atoms with Crippen LogP contribution in [0.5, 0.6) is 0 Å². The number of benzene rings is 1. The van der Waals surface area contributed by atoms with Gasteiger partial charge in [0.05, 0.1) is 12.0 Å². The van der Waals surface area contributed by atoms with E-state index in [0.29, 0.717) is 5.96 Å². The molecule has 0 fully saturated rings. The van der Waals surface area contributed by atoms with Crippen molar-refractivity contribution >= 4 is 11.6 Å². The van der Waals surface area contributed by atoms with E-state index in [4.69, 9.17) is 5.41 Å². The molecule has 0 saturated carbocycles. The maximum Gasteiger partial charge on any atom is 0.192 e. The van der Waals surface area contributed by atoms with E-state index in [1.54, 1.807) is 0 Å². The molecule has 0 atom stereocenters. The Morgan fingerprint density at radius 1 is 1.18 bits per heavy atom. The molecule has 3 N–H and O–H groups in total. The number of aryl methyl sites for hydroxylation is 5. The molecule has 0 bridgehead atoms. The van der Waals surface area contributed by atoms with Gasteiger partial charge in [0.1, 0.15) is 0 Å². The molecule has 0 saturated heterocycles. The van der Waals surface area contributed by atoms with Gasteiger partial charge in [-0.05, 0) is 45.2 Å². The highest BCUT2D eigenvalue weighted by atomic mass is 15.1. The average molecular weight is 299 g/mol. The normalized spacial score (nSPS) is 10.5. The van der Waals surface area contributed by atoms with Gasteiger partial charge in [-0.15, -0.1) is 0 Å². The first-order valence-corrected chi connectivity index (χ1v) is 7.61. The lowest BCUT2D eigenvalue weighted by atomic mass is 10.1. The minimum absolute atomic E-state index is 0.344. The predicted octanol–water partition coefficient (Wildman–Crippen LogP) is 3.14. The van der Waals surface area contributed by atoms with Gasteiger partial charge in [0.15, 0.2) is 5.96 Å². The lowest BCUT2D eigenvalue weighted by Crippen LogP contribution is -2.31. The SMILES string of the molecule is Cc1cc(C)c(NC(=N)NCCCn2cnc(C)c2)c(C)c1. The smallest absolute Gasteiger partial charge is 0.192 e. The fourth-order valence-electron chi connectivity index (χ4n) is 2.62. The lowest BCUT2D eigenvalue weighted by Gasteiger charge is -2.15. The summed E-state index contributed by atoms with van der Waals surface area (Å²) in [6.07, 6.45) is 4.83. The van der Waals surface area contributed by atoms with Crippen molar-refractivity contribution in [3.63, 3.8) is 0 Å². The van der Waals surface area contributed by atoms with Crippen LogP contribution in [0, 0.1) is 33.1 Å². The van der Waals surface area contributed by atoms with Crippen LogP contribution in [0.2, 0.25) is 0 Å². The summed E-state index contributed by atoms with van der Waals surface area (Å²) in [5.74, 6) is 0.344. The zero-order chi connectivity index (χ0) is 16.1. The molecule has 5 nitrogen and oxygen atoms in total. The Labute approximate surface area is 132 Å². The topological polar surface area (TPSA) is 65.7 Å². The van der Waals surface area contributed by atoms with Crippen molar-refractivity contribution in [2.24, 2.45) is 0 Å². The number of nitrogens with zero attached hydrogens (tertiary/aromatic N) is 2. The molecule has 118 valence electrons. The summed E-state index contributed by atoms with van der Waals surface area (Å²) in [6.45, 7) is 9.87. The first-order chi connectivity index (χ1) is 10.5. The summed E-state index contributed by atoms with van der Waals surface area (Å²) in [5, 5.41) is 14.3. The molecule has 0 aliphatic heterocycles. The van der Waals surface area contributed by atoms with E-state index in [-0.39, 0.29) is 0 Å². The van der Waals surface area contributed by atoms with Crippen LogP contribution in [-0.4, -0.2) is 22.1 Å². The maximum absolute atomic E-state index is 8.02. The van der Waals surface area contributed by atoms with E-state index < -0.39 is 0 Å². The molecular formula is C17H25N5. The van der Waals surface area contributed by atoms with Crippen LogP contribution in [0.3, 0.4) is 0 Å². The standard InChI is InChI=1S/C17H25N5/c1-12-8-13(2)16(14(3)9-12)21-17(18)19-6-5-7-22-10-15(4)20-11-22/h8-11H,5-7H2,1-4H3,(H3,18,19,21). The summed E-state index contributed by atoms with van der Waals surface area (Å²) in [5.41, 5.74) is 5.63. The van der Waals surface area contributed by atoms with E-state index in [2.05, 4.69) is 53.1 Å². The molecule has 22 heavy (non-hydrogen) atoms. The quantitative estimate of drug-likeness (QED) is 0.451. The summed E-state index contributed by atoms with van der Waals surface area (Å²) >= 11 is 0. The second kappa shape index (κ2) is 7.11. The van der Waals surface area contributed by atoms with Gasteiger partial charge in [0.25, 0.3) is 0 Å². The molecule has 2 aromatic rings. The summed E-state index contributed by atoms with van der Waals surface area (Å²) in [7, 11) is 0.